The summed E-state index contributed by atoms with van der Waals surface area (Å²) in [6, 6.07) is 3.75. The Balaban J connectivity index is 1.98. The van der Waals surface area contributed by atoms with Crippen molar-refractivity contribution in [2.24, 2.45) is 5.73 Å². The van der Waals surface area contributed by atoms with E-state index < -0.39 is 11.6 Å². The maximum Gasteiger partial charge on any atom is 0.159 e. The predicted octanol–water partition coefficient (Wildman–Crippen LogP) is 2.84. The first-order chi connectivity index (χ1) is 8.54. The van der Waals surface area contributed by atoms with E-state index in [1.54, 1.807) is 17.4 Å². The summed E-state index contributed by atoms with van der Waals surface area (Å²) in [7, 11) is 0. The lowest BCUT2D eigenvalue weighted by Gasteiger charge is -2.10. The summed E-state index contributed by atoms with van der Waals surface area (Å²) in [5.74, 6) is -1.66. The number of halogens is 2. The molecule has 2 nitrogen and oxygen atoms in total. The van der Waals surface area contributed by atoms with Crippen LogP contribution in [0.4, 0.5) is 8.78 Å². The van der Waals surface area contributed by atoms with E-state index in [2.05, 4.69) is 4.98 Å². The van der Waals surface area contributed by atoms with E-state index >= 15 is 0 Å². The van der Waals surface area contributed by atoms with Gasteiger partial charge in [-0.05, 0) is 31.0 Å². The molecule has 2 aromatic rings. The van der Waals surface area contributed by atoms with Crippen molar-refractivity contribution in [2.75, 3.05) is 0 Å². The highest BCUT2D eigenvalue weighted by atomic mass is 32.1. The van der Waals surface area contributed by atoms with E-state index in [0.717, 1.165) is 16.8 Å². The number of nitrogens with zero attached hydrogens (tertiary/aromatic N) is 1. The molecule has 18 heavy (non-hydrogen) atoms. The van der Waals surface area contributed by atoms with Gasteiger partial charge in [0.05, 0.1) is 5.01 Å². The van der Waals surface area contributed by atoms with Crippen LogP contribution in [-0.2, 0) is 12.8 Å². The standard InChI is InChI=1S/C13H14F2N2S/c1-8-7-18-13(17-8)6-10(16)4-9-2-3-11(14)12(15)5-9/h2-3,5,7,10H,4,6,16H2,1H3. The molecule has 96 valence electrons. The largest absolute Gasteiger partial charge is 0.327 e. The normalized spacial score (nSPS) is 12.7. The minimum Gasteiger partial charge on any atom is -0.327 e. The van der Waals surface area contributed by atoms with Gasteiger partial charge in [0.25, 0.3) is 0 Å². The Morgan fingerprint density at radius 3 is 2.67 bits per heavy atom. The first-order valence-electron chi connectivity index (χ1n) is 5.65. The van der Waals surface area contributed by atoms with Crippen LogP contribution in [0, 0.1) is 18.6 Å². The van der Waals surface area contributed by atoms with Crippen LogP contribution in [0.3, 0.4) is 0 Å². The maximum absolute atomic E-state index is 13.0. The van der Waals surface area contributed by atoms with Crippen molar-refractivity contribution < 1.29 is 8.78 Å². The fourth-order valence-electron chi connectivity index (χ4n) is 1.76. The number of hydrogen-bond acceptors (Lipinski definition) is 3. The summed E-state index contributed by atoms with van der Waals surface area (Å²) in [6.45, 7) is 1.93. The van der Waals surface area contributed by atoms with Gasteiger partial charge in [-0.15, -0.1) is 11.3 Å². The second-order valence-electron chi connectivity index (χ2n) is 4.30. The molecule has 0 aliphatic heterocycles. The summed E-state index contributed by atoms with van der Waals surface area (Å²) in [4.78, 5) is 4.33. The van der Waals surface area contributed by atoms with Crippen LogP contribution in [0.2, 0.25) is 0 Å². The molecule has 0 radical (unpaired) electrons. The van der Waals surface area contributed by atoms with Gasteiger partial charge in [-0.2, -0.15) is 0 Å². The Kier molecular flexibility index (Phi) is 4.04. The molecular weight excluding hydrogens is 254 g/mol. The van der Waals surface area contributed by atoms with Crippen molar-refractivity contribution in [1.82, 2.24) is 4.98 Å². The van der Waals surface area contributed by atoms with E-state index in [4.69, 9.17) is 5.73 Å². The molecule has 0 aliphatic carbocycles. The monoisotopic (exact) mass is 268 g/mol. The highest BCUT2D eigenvalue weighted by Gasteiger charge is 2.10. The molecular formula is C13H14F2N2S. The Morgan fingerprint density at radius 1 is 1.28 bits per heavy atom. The fraction of sp³-hybridized carbons (Fsp3) is 0.308. The van der Waals surface area contributed by atoms with Gasteiger partial charge in [0, 0.05) is 23.5 Å². The number of hydrogen-bond donors (Lipinski definition) is 1. The number of rotatable bonds is 4. The smallest absolute Gasteiger partial charge is 0.159 e. The Bertz CT molecular complexity index is 540. The number of aryl methyl sites for hydroxylation is 1. The third-order valence-electron chi connectivity index (χ3n) is 2.59. The molecule has 1 heterocycles. The summed E-state index contributed by atoms with van der Waals surface area (Å²) >= 11 is 1.57. The van der Waals surface area contributed by atoms with Gasteiger partial charge in [0.1, 0.15) is 0 Å². The van der Waals surface area contributed by atoms with E-state index in [1.165, 1.54) is 6.07 Å². The number of benzene rings is 1. The van der Waals surface area contributed by atoms with Crippen LogP contribution in [0.25, 0.3) is 0 Å². The second kappa shape index (κ2) is 5.54. The van der Waals surface area contributed by atoms with Gasteiger partial charge in [-0.25, -0.2) is 13.8 Å². The van der Waals surface area contributed by atoms with Crippen molar-refractivity contribution in [3.63, 3.8) is 0 Å². The molecule has 1 unspecified atom stereocenters. The lowest BCUT2D eigenvalue weighted by atomic mass is 10.0. The van der Waals surface area contributed by atoms with E-state index in [0.29, 0.717) is 18.4 Å². The molecule has 1 aromatic heterocycles. The zero-order valence-electron chi connectivity index (χ0n) is 9.99. The van der Waals surface area contributed by atoms with Crippen LogP contribution >= 0.6 is 11.3 Å². The van der Waals surface area contributed by atoms with Crippen molar-refractivity contribution in [2.45, 2.75) is 25.8 Å². The van der Waals surface area contributed by atoms with Gasteiger partial charge >= 0.3 is 0 Å². The first-order valence-corrected chi connectivity index (χ1v) is 6.53. The van der Waals surface area contributed by atoms with Gasteiger partial charge < -0.3 is 5.73 Å². The number of thiazole rings is 1. The average Bonchev–Trinajstić information content (AvgIpc) is 2.69. The van der Waals surface area contributed by atoms with E-state index in [1.807, 2.05) is 12.3 Å². The van der Waals surface area contributed by atoms with Crippen molar-refractivity contribution in [3.05, 3.63) is 51.5 Å². The molecule has 1 aromatic carbocycles. The molecule has 0 fully saturated rings. The highest BCUT2D eigenvalue weighted by molar-refractivity contribution is 7.09. The lowest BCUT2D eigenvalue weighted by molar-refractivity contribution is 0.506. The quantitative estimate of drug-likeness (QED) is 0.926. The lowest BCUT2D eigenvalue weighted by Crippen LogP contribution is -2.25. The molecule has 0 spiro atoms. The van der Waals surface area contributed by atoms with Crippen molar-refractivity contribution >= 4 is 11.3 Å². The van der Waals surface area contributed by atoms with E-state index in [-0.39, 0.29) is 6.04 Å². The summed E-state index contributed by atoms with van der Waals surface area (Å²) in [5.41, 5.74) is 7.67. The number of aromatic nitrogens is 1. The van der Waals surface area contributed by atoms with E-state index in [9.17, 15) is 8.78 Å². The fourth-order valence-corrected chi connectivity index (χ4v) is 2.63. The predicted molar refractivity (Wildman–Crippen MR) is 68.6 cm³/mol. The van der Waals surface area contributed by atoms with Crippen LogP contribution in [0.1, 0.15) is 16.3 Å². The van der Waals surface area contributed by atoms with Crippen molar-refractivity contribution in [3.8, 4) is 0 Å². The summed E-state index contributed by atoms with van der Waals surface area (Å²) < 4.78 is 25.8. The molecule has 1 atom stereocenters. The molecule has 5 heteroatoms. The minimum absolute atomic E-state index is 0.139. The first kappa shape index (κ1) is 13.1. The van der Waals surface area contributed by atoms with Gasteiger partial charge in [0.15, 0.2) is 11.6 Å². The third kappa shape index (κ3) is 3.34. The summed E-state index contributed by atoms with van der Waals surface area (Å²) in [6.07, 6.45) is 1.16. The number of nitrogens with two attached hydrogens (primary N) is 1. The third-order valence-corrected chi connectivity index (χ3v) is 3.57. The van der Waals surface area contributed by atoms with Crippen LogP contribution in [-0.4, -0.2) is 11.0 Å². The minimum atomic E-state index is -0.831. The molecule has 0 amide bonds. The molecule has 2 N–H and O–H groups in total. The topological polar surface area (TPSA) is 38.9 Å². The Labute approximate surface area is 108 Å². The molecule has 0 bridgehead atoms. The zero-order chi connectivity index (χ0) is 13.1. The molecule has 0 saturated heterocycles. The van der Waals surface area contributed by atoms with Gasteiger partial charge in [-0.1, -0.05) is 6.07 Å². The van der Waals surface area contributed by atoms with Gasteiger partial charge in [0.2, 0.25) is 0 Å². The second-order valence-corrected chi connectivity index (χ2v) is 5.24. The molecule has 0 saturated carbocycles. The molecule has 0 aliphatic rings. The Hall–Kier alpha value is -1.33. The van der Waals surface area contributed by atoms with Crippen LogP contribution < -0.4 is 5.73 Å². The SMILES string of the molecule is Cc1csc(CC(N)Cc2ccc(F)c(F)c2)n1. The average molecular weight is 268 g/mol. The highest BCUT2D eigenvalue weighted by Crippen LogP contribution is 2.14. The van der Waals surface area contributed by atoms with Crippen LogP contribution in [0.5, 0.6) is 0 Å². The van der Waals surface area contributed by atoms with Gasteiger partial charge in [-0.3, -0.25) is 0 Å². The van der Waals surface area contributed by atoms with Crippen molar-refractivity contribution in [1.29, 1.82) is 0 Å². The maximum atomic E-state index is 13.0. The van der Waals surface area contributed by atoms with Crippen LogP contribution in [0.15, 0.2) is 23.6 Å². The Morgan fingerprint density at radius 2 is 2.06 bits per heavy atom. The molecule has 2 rings (SSSR count). The zero-order valence-corrected chi connectivity index (χ0v) is 10.8. The summed E-state index contributed by atoms with van der Waals surface area (Å²) in [5, 5.41) is 2.95.